The molecule has 3 nitrogen and oxygen atoms in total. The maximum Gasteiger partial charge on any atom is 0.130 e. The number of rotatable bonds is 4. The van der Waals surface area contributed by atoms with Gasteiger partial charge in [-0.15, -0.1) is 0 Å². The number of nitrogens with zero attached hydrogens (tertiary/aromatic N) is 2. The highest BCUT2D eigenvalue weighted by Gasteiger charge is 2.66. The van der Waals surface area contributed by atoms with Crippen molar-refractivity contribution in [1.29, 1.82) is 0 Å². The van der Waals surface area contributed by atoms with Gasteiger partial charge >= 0.3 is 0 Å². The standard InChI is InChI=1S/C16H24ClN3/c1-8-11(16(17)20(3)19-8)7-12(18-2)15-13-9-4-5-10(6-9)14(13)15/h9-10,12-15,18H,4-7H2,1-3H3. The molecule has 110 valence electrons. The van der Waals surface area contributed by atoms with Crippen molar-refractivity contribution in [3.63, 3.8) is 0 Å². The highest BCUT2D eigenvalue weighted by atomic mass is 35.5. The third-order valence-electron chi connectivity index (χ3n) is 6.32. The largest absolute Gasteiger partial charge is 0.316 e. The summed E-state index contributed by atoms with van der Waals surface area (Å²) >= 11 is 6.40. The van der Waals surface area contributed by atoms with Crippen molar-refractivity contribution in [2.45, 2.75) is 38.6 Å². The van der Waals surface area contributed by atoms with Crippen LogP contribution in [0.3, 0.4) is 0 Å². The fourth-order valence-corrected chi connectivity index (χ4v) is 5.74. The van der Waals surface area contributed by atoms with Crippen LogP contribution in [0, 0.1) is 36.5 Å². The van der Waals surface area contributed by atoms with Crippen LogP contribution in [-0.4, -0.2) is 22.9 Å². The zero-order chi connectivity index (χ0) is 14.0. The first kappa shape index (κ1) is 13.1. The van der Waals surface area contributed by atoms with Crippen molar-refractivity contribution in [1.82, 2.24) is 15.1 Å². The van der Waals surface area contributed by atoms with E-state index in [-0.39, 0.29) is 0 Å². The molecule has 1 aromatic heterocycles. The molecule has 0 aromatic carbocycles. The number of aryl methyl sites for hydroxylation is 2. The normalized spacial score (nSPS) is 39.1. The van der Waals surface area contributed by atoms with Crippen molar-refractivity contribution in [2.24, 2.45) is 36.6 Å². The summed E-state index contributed by atoms with van der Waals surface area (Å²) < 4.78 is 1.80. The summed E-state index contributed by atoms with van der Waals surface area (Å²) in [5.41, 5.74) is 2.33. The second-order valence-electron chi connectivity index (χ2n) is 7.14. The van der Waals surface area contributed by atoms with Crippen LogP contribution in [0.15, 0.2) is 0 Å². The lowest BCUT2D eigenvalue weighted by atomic mass is 9.93. The van der Waals surface area contributed by atoms with Crippen LogP contribution in [0.2, 0.25) is 5.15 Å². The molecule has 20 heavy (non-hydrogen) atoms. The van der Waals surface area contributed by atoms with Gasteiger partial charge in [0.2, 0.25) is 0 Å². The number of hydrogen-bond donors (Lipinski definition) is 1. The van der Waals surface area contributed by atoms with Gasteiger partial charge in [0.15, 0.2) is 0 Å². The van der Waals surface area contributed by atoms with E-state index in [1.807, 2.05) is 7.05 Å². The summed E-state index contributed by atoms with van der Waals surface area (Å²) in [6, 6.07) is 0.578. The van der Waals surface area contributed by atoms with E-state index >= 15 is 0 Å². The molecule has 4 heteroatoms. The van der Waals surface area contributed by atoms with E-state index in [4.69, 9.17) is 11.6 Å². The van der Waals surface area contributed by atoms with E-state index in [0.717, 1.165) is 46.9 Å². The van der Waals surface area contributed by atoms with Crippen LogP contribution in [0.25, 0.3) is 0 Å². The number of halogens is 1. The predicted molar refractivity (Wildman–Crippen MR) is 80.8 cm³/mol. The van der Waals surface area contributed by atoms with Crippen molar-refractivity contribution in [3.05, 3.63) is 16.4 Å². The van der Waals surface area contributed by atoms with E-state index in [1.165, 1.54) is 24.8 Å². The molecule has 0 aliphatic heterocycles. The summed E-state index contributed by atoms with van der Waals surface area (Å²) in [7, 11) is 4.04. The Balaban J connectivity index is 1.53. The quantitative estimate of drug-likeness (QED) is 0.925. The van der Waals surface area contributed by atoms with E-state index in [0.29, 0.717) is 6.04 Å². The minimum atomic E-state index is 0.578. The third-order valence-corrected chi connectivity index (χ3v) is 6.80. The monoisotopic (exact) mass is 293 g/mol. The fraction of sp³-hybridized carbons (Fsp3) is 0.812. The van der Waals surface area contributed by atoms with Gasteiger partial charge in [0.25, 0.3) is 0 Å². The summed E-state index contributed by atoms with van der Waals surface area (Å²) in [4.78, 5) is 0. The van der Waals surface area contributed by atoms with E-state index in [9.17, 15) is 0 Å². The number of nitrogens with one attached hydrogen (secondary N) is 1. The lowest BCUT2D eigenvalue weighted by molar-refractivity contribution is 0.376. The number of hydrogen-bond acceptors (Lipinski definition) is 2. The van der Waals surface area contributed by atoms with Gasteiger partial charge in [-0.2, -0.15) is 5.10 Å². The molecule has 0 saturated heterocycles. The van der Waals surface area contributed by atoms with Crippen LogP contribution < -0.4 is 5.32 Å². The average Bonchev–Trinajstić information content (AvgIpc) is 2.74. The number of fused-ring (bicyclic) bond motifs is 5. The molecule has 0 spiro atoms. The van der Waals surface area contributed by atoms with Gasteiger partial charge < -0.3 is 5.32 Å². The first-order valence-electron chi connectivity index (χ1n) is 7.97. The summed E-state index contributed by atoms with van der Waals surface area (Å²) in [6.07, 6.45) is 5.54. The molecule has 3 aliphatic rings. The maximum atomic E-state index is 6.40. The van der Waals surface area contributed by atoms with Gasteiger partial charge in [-0.05, 0) is 69.2 Å². The second kappa shape index (κ2) is 4.48. The molecule has 2 bridgehead atoms. The molecule has 4 rings (SSSR count). The summed E-state index contributed by atoms with van der Waals surface area (Å²) in [5, 5.41) is 8.84. The van der Waals surface area contributed by atoms with Crippen LogP contribution >= 0.6 is 11.6 Å². The molecule has 0 radical (unpaired) electrons. The Bertz CT molecular complexity index is 522. The highest BCUT2D eigenvalue weighted by molar-refractivity contribution is 6.30. The van der Waals surface area contributed by atoms with Crippen LogP contribution in [-0.2, 0) is 13.5 Å². The summed E-state index contributed by atoms with van der Waals surface area (Å²) in [5.74, 6) is 5.00. The fourth-order valence-electron chi connectivity index (χ4n) is 5.49. The van der Waals surface area contributed by atoms with Gasteiger partial charge in [-0.3, -0.25) is 4.68 Å². The minimum Gasteiger partial charge on any atom is -0.316 e. The molecule has 5 unspecified atom stereocenters. The second-order valence-corrected chi connectivity index (χ2v) is 7.50. The maximum absolute atomic E-state index is 6.40. The third kappa shape index (κ3) is 1.72. The lowest BCUT2D eigenvalue weighted by Gasteiger charge is -2.20. The Morgan fingerprint density at radius 2 is 2.00 bits per heavy atom. The van der Waals surface area contributed by atoms with Gasteiger partial charge in [0, 0.05) is 18.7 Å². The zero-order valence-corrected chi connectivity index (χ0v) is 13.3. The summed E-state index contributed by atoms with van der Waals surface area (Å²) in [6.45, 7) is 2.07. The SMILES string of the molecule is CNC(Cc1c(C)nn(C)c1Cl)C1C2C3CCC(C3)C21. The van der Waals surface area contributed by atoms with Crippen LogP contribution in [0.4, 0.5) is 0 Å². The average molecular weight is 294 g/mol. The van der Waals surface area contributed by atoms with Gasteiger partial charge in [-0.1, -0.05) is 11.6 Å². The minimum absolute atomic E-state index is 0.578. The number of aromatic nitrogens is 2. The zero-order valence-electron chi connectivity index (χ0n) is 12.6. The first-order chi connectivity index (χ1) is 9.61. The predicted octanol–water partition coefficient (Wildman–Crippen LogP) is 2.80. The molecular formula is C16H24ClN3. The van der Waals surface area contributed by atoms with Crippen molar-refractivity contribution >= 4 is 11.6 Å². The smallest absolute Gasteiger partial charge is 0.130 e. The molecule has 3 saturated carbocycles. The molecule has 1 heterocycles. The van der Waals surface area contributed by atoms with Crippen molar-refractivity contribution in [2.75, 3.05) is 7.05 Å². The Labute approximate surface area is 126 Å². The van der Waals surface area contributed by atoms with Gasteiger partial charge in [-0.25, -0.2) is 0 Å². The van der Waals surface area contributed by atoms with Gasteiger partial charge in [0.05, 0.1) is 5.69 Å². The molecule has 0 amide bonds. The number of likely N-dealkylation sites (N-methyl/N-ethyl adjacent to an activating group) is 1. The topological polar surface area (TPSA) is 29.9 Å². The Morgan fingerprint density at radius 3 is 2.50 bits per heavy atom. The van der Waals surface area contributed by atoms with Crippen LogP contribution in [0.1, 0.15) is 30.5 Å². The Kier molecular flexibility index (Phi) is 2.94. The highest BCUT2D eigenvalue weighted by Crippen LogP contribution is 2.70. The lowest BCUT2D eigenvalue weighted by Crippen LogP contribution is -2.32. The molecule has 3 fully saturated rings. The molecular weight excluding hydrogens is 270 g/mol. The molecule has 5 atom stereocenters. The van der Waals surface area contributed by atoms with Crippen molar-refractivity contribution in [3.8, 4) is 0 Å². The van der Waals surface area contributed by atoms with Crippen LogP contribution in [0.5, 0.6) is 0 Å². The van der Waals surface area contributed by atoms with E-state index in [1.54, 1.807) is 4.68 Å². The molecule has 1 aromatic rings. The first-order valence-corrected chi connectivity index (χ1v) is 8.34. The van der Waals surface area contributed by atoms with E-state index < -0.39 is 0 Å². The Morgan fingerprint density at radius 1 is 1.35 bits per heavy atom. The Hall–Kier alpha value is -0.540. The van der Waals surface area contributed by atoms with E-state index in [2.05, 4.69) is 24.4 Å². The molecule has 1 N–H and O–H groups in total. The van der Waals surface area contributed by atoms with Crippen molar-refractivity contribution < 1.29 is 0 Å². The van der Waals surface area contributed by atoms with Gasteiger partial charge in [0.1, 0.15) is 5.15 Å². The molecule has 3 aliphatic carbocycles.